The first-order chi connectivity index (χ1) is 12.9. The molecule has 0 aliphatic rings. The lowest BCUT2D eigenvalue weighted by molar-refractivity contribution is 0.122. The van der Waals surface area contributed by atoms with Gasteiger partial charge >= 0.3 is 8.80 Å². The maximum Gasteiger partial charge on any atom is 0.500 e. The third-order valence-electron chi connectivity index (χ3n) is 4.49. The van der Waals surface area contributed by atoms with Crippen LogP contribution in [0, 0.1) is 0 Å². The van der Waals surface area contributed by atoms with Crippen molar-refractivity contribution in [2.75, 3.05) is 39.1 Å². The quantitative estimate of drug-likeness (QED) is 0.178. The lowest BCUT2D eigenvalue weighted by Crippen LogP contribution is -2.42. The molecule has 0 aromatic rings. The summed E-state index contributed by atoms with van der Waals surface area (Å²) in [5, 5.41) is 0.918. The lowest BCUT2D eigenvalue weighted by atomic mass is 10.1. The second-order valence-electron chi connectivity index (χ2n) is 7.30. The minimum absolute atomic E-state index is 0. The molecule has 0 heterocycles. The minimum Gasteiger partial charge on any atom is -0.417 e. The van der Waals surface area contributed by atoms with Crippen LogP contribution in [0.15, 0.2) is 0 Å². The minimum atomic E-state index is -2.31. The van der Waals surface area contributed by atoms with Crippen LogP contribution in [-0.4, -0.2) is 67.2 Å². The van der Waals surface area contributed by atoms with Crippen molar-refractivity contribution in [1.29, 1.82) is 0 Å². The second-order valence-corrected chi connectivity index (χ2v) is 15.9. The number of thiol groups is 2. The van der Waals surface area contributed by atoms with Crippen molar-refractivity contribution in [3.8, 4) is 0 Å². The zero-order valence-corrected chi connectivity index (χ0v) is 22.5. The van der Waals surface area contributed by atoms with Crippen molar-refractivity contribution in [2.45, 2.75) is 83.8 Å². The first-order valence-electron chi connectivity index (χ1n) is 10.4. The number of unbranched alkanes of at least 4 members (excludes halogenated alkanes) is 8. The normalized spacial score (nSPS) is 11.6. The van der Waals surface area contributed by atoms with Gasteiger partial charge in [0.25, 0.3) is 0 Å². The van der Waals surface area contributed by atoms with Crippen LogP contribution in [0.25, 0.3) is 0 Å². The average Bonchev–Trinajstić information content (AvgIpc) is 2.67. The molecule has 0 aromatic carbocycles. The van der Waals surface area contributed by atoms with Gasteiger partial charge in [0.2, 0.25) is 0 Å². The molecule has 0 bridgehead atoms. The summed E-state index contributed by atoms with van der Waals surface area (Å²) in [7, 11) is 1.43. The second kappa shape index (κ2) is 22.9. The maximum atomic E-state index is 5.44. The van der Waals surface area contributed by atoms with Crippen LogP contribution < -0.4 is 0 Å². The van der Waals surface area contributed by atoms with Crippen LogP contribution in [-0.2, 0) is 17.7 Å². The van der Waals surface area contributed by atoms with Crippen LogP contribution >= 0.6 is 25.3 Å². The molecule has 28 heavy (non-hydrogen) atoms. The molecule has 0 aliphatic heterocycles. The molecule has 9 heteroatoms. The Bertz CT molecular complexity index is 303. The van der Waals surface area contributed by atoms with Gasteiger partial charge in [0.15, 0.2) is 8.32 Å². The number of rotatable bonds is 17. The highest BCUT2D eigenvalue weighted by atomic mass is 32.1. The standard InChI is InChI=1S/C14H32O3SSi.C5H14OSSi.H4Si/c1-15-19(16-2,17-3)14-12-10-8-6-4-5-7-9-11-13-18;1-4-6-8(2,3)5-7;/h18H,4-14H2,1-3H3;7H,4-5H2,1-3H3;1H4. The van der Waals surface area contributed by atoms with E-state index < -0.39 is 17.1 Å². The highest BCUT2D eigenvalue weighted by Gasteiger charge is 2.36. The van der Waals surface area contributed by atoms with E-state index in [0.29, 0.717) is 0 Å². The Balaban J connectivity index is -0.000000587. The maximum absolute atomic E-state index is 5.44. The molecule has 0 radical (unpaired) electrons. The molecule has 0 aliphatic carbocycles. The summed E-state index contributed by atoms with van der Waals surface area (Å²) in [6.07, 6.45) is 11.8. The van der Waals surface area contributed by atoms with Crippen molar-refractivity contribution in [3.05, 3.63) is 0 Å². The smallest absolute Gasteiger partial charge is 0.417 e. The van der Waals surface area contributed by atoms with Gasteiger partial charge in [-0.25, -0.2) is 0 Å². The van der Waals surface area contributed by atoms with Crippen LogP contribution in [0.1, 0.15) is 64.7 Å². The van der Waals surface area contributed by atoms with E-state index in [2.05, 4.69) is 38.4 Å². The summed E-state index contributed by atoms with van der Waals surface area (Å²) in [6, 6.07) is 0.929. The van der Waals surface area contributed by atoms with E-state index in [1.807, 2.05) is 6.92 Å². The highest BCUT2D eigenvalue weighted by molar-refractivity contribution is 7.82. The van der Waals surface area contributed by atoms with E-state index in [-0.39, 0.29) is 11.0 Å². The van der Waals surface area contributed by atoms with E-state index in [1.54, 1.807) is 21.3 Å². The molecule has 0 N–H and O–H groups in total. The first-order valence-corrected chi connectivity index (χ1v) is 16.7. The fraction of sp³-hybridized carbons (Fsp3) is 1.00. The zero-order valence-electron chi connectivity index (χ0n) is 18.7. The SMILES string of the molecule is CCO[Si](C)(C)CS.CO[Si](CCCCCCCCCCCS)(OC)OC.[SiH4]. The summed E-state index contributed by atoms with van der Waals surface area (Å²) in [4.78, 5) is 0. The third kappa shape index (κ3) is 20.5. The first kappa shape index (κ1) is 33.8. The van der Waals surface area contributed by atoms with Crippen LogP contribution in [0.3, 0.4) is 0 Å². The molecule has 0 atom stereocenters. The van der Waals surface area contributed by atoms with Crippen molar-refractivity contribution in [1.82, 2.24) is 0 Å². The number of hydrogen-bond acceptors (Lipinski definition) is 6. The van der Waals surface area contributed by atoms with Crippen molar-refractivity contribution in [3.63, 3.8) is 0 Å². The lowest BCUT2D eigenvalue weighted by Gasteiger charge is -2.24. The Kier molecular flexibility index (Phi) is 27.6. The van der Waals surface area contributed by atoms with Gasteiger partial charge in [-0.15, -0.1) is 0 Å². The summed E-state index contributed by atoms with van der Waals surface area (Å²) < 4.78 is 21.7. The van der Waals surface area contributed by atoms with Crippen LogP contribution in [0.5, 0.6) is 0 Å². The fourth-order valence-corrected chi connectivity index (χ4v) is 5.85. The highest BCUT2D eigenvalue weighted by Crippen LogP contribution is 2.18. The van der Waals surface area contributed by atoms with Gasteiger partial charge in [0, 0.05) is 39.4 Å². The third-order valence-corrected chi connectivity index (χ3v) is 11.8. The summed E-state index contributed by atoms with van der Waals surface area (Å²) in [5.74, 6) is 1.03. The molecule has 0 fully saturated rings. The Morgan fingerprint density at radius 1 is 0.679 bits per heavy atom. The summed E-state index contributed by atoms with van der Waals surface area (Å²) in [5.41, 5.74) is 0. The molecule has 174 valence electrons. The monoisotopic (exact) mass is 490 g/mol. The van der Waals surface area contributed by atoms with E-state index in [9.17, 15) is 0 Å². The van der Waals surface area contributed by atoms with Crippen molar-refractivity contribution in [2.24, 2.45) is 0 Å². The van der Waals surface area contributed by atoms with Gasteiger partial charge in [-0.1, -0.05) is 44.9 Å². The van der Waals surface area contributed by atoms with Gasteiger partial charge in [0.1, 0.15) is 0 Å². The molecule has 0 unspecified atom stereocenters. The van der Waals surface area contributed by atoms with Gasteiger partial charge in [-0.3, -0.25) is 0 Å². The van der Waals surface area contributed by atoms with Crippen molar-refractivity contribution >= 4 is 53.3 Å². The molecule has 0 amide bonds. The van der Waals surface area contributed by atoms with Gasteiger partial charge < -0.3 is 17.7 Å². The fourth-order valence-electron chi connectivity index (χ4n) is 2.68. The summed E-state index contributed by atoms with van der Waals surface area (Å²) in [6.45, 7) is 7.20. The molecule has 0 spiro atoms. The van der Waals surface area contributed by atoms with Gasteiger partial charge in [0.05, 0.1) is 0 Å². The average molecular weight is 491 g/mol. The number of hydrogen-bond donors (Lipinski definition) is 2. The zero-order chi connectivity index (χ0) is 21.0. The van der Waals surface area contributed by atoms with E-state index >= 15 is 0 Å². The Labute approximate surface area is 193 Å². The van der Waals surface area contributed by atoms with E-state index in [4.69, 9.17) is 17.7 Å². The van der Waals surface area contributed by atoms with Gasteiger partial charge in [-0.2, -0.15) is 25.3 Å². The topological polar surface area (TPSA) is 36.9 Å². The summed E-state index contributed by atoms with van der Waals surface area (Å²) >= 11 is 8.39. The van der Waals surface area contributed by atoms with Crippen LogP contribution in [0.2, 0.25) is 19.1 Å². The molecular formula is C19H50O4S2Si3. The molecule has 0 saturated heterocycles. The Hall–Kier alpha value is 1.19. The van der Waals surface area contributed by atoms with E-state index in [0.717, 1.165) is 30.2 Å². The Morgan fingerprint density at radius 3 is 1.36 bits per heavy atom. The largest absolute Gasteiger partial charge is 0.500 e. The molecule has 4 nitrogen and oxygen atoms in total. The van der Waals surface area contributed by atoms with Crippen molar-refractivity contribution < 1.29 is 17.7 Å². The predicted octanol–water partition coefficient (Wildman–Crippen LogP) is 4.55. The molecular weight excluding hydrogens is 441 g/mol. The molecule has 0 aromatic heterocycles. The molecule has 0 rings (SSSR count). The molecule has 0 saturated carbocycles. The van der Waals surface area contributed by atoms with Gasteiger partial charge in [-0.05, 0) is 49.6 Å². The van der Waals surface area contributed by atoms with Crippen LogP contribution in [0.4, 0.5) is 0 Å². The Morgan fingerprint density at radius 2 is 1.07 bits per heavy atom. The van der Waals surface area contributed by atoms with E-state index in [1.165, 1.54) is 51.4 Å². The predicted molar refractivity (Wildman–Crippen MR) is 141 cm³/mol.